The normalized spacial score (nSPS) is 21.9. The van der Waals surface area contributed by atoms with Gasteiger partial charge in [-0.15, -0.1) is 0 Å². The molecule has 0 bridgehead atoms. The molecule has 2 aliphatic rings. The number of piperidine rings is 2. The predicted molar refractivity (Wildman–Crippen MR) is 103 cm³/mol. The lowest BCUT2D eigenvalue weighted by molar-refractivity contribution is 0.0933. The first-order chi connectivity index (χ1) is 13.1. The highest BCUT2D eigenvalue weighted by molar-refractivity contribution is 5.95. The van der Waals surface area contributed by atoms with Crippen LogP contribution in [0.5, 0.6) is 0 Å². The summed E-state index contributed by atoms with van der Waals surface area (Å²) >= 11 is 0. The van der Waals surface area contributed by atoms with Gasteiger partial charge in [-0.3, -0.25) is 4.79 Å². The van der Waals surface area contributed by atoms with E-state index in [1.165, 1.54) is 0 Å². The van der Waals surface area contributed by atoms with Gasteiger partial charge in [0.1, 0.15) is 11.3 Å². The second-order valence-electron chi connectivity index (χ2n) is 7.76. The fourth-order valence-corrected chi connectivity index (χ4v) is 4.01. The molecule has 1 unspecified atom stereocenters. The molecule has 0 saturated carbocycles. The van der Waals surface area contributed by atoms with Crippen LogP contribution in [0.4, 0.5) is 0 Å². The summed E-state index contributed by atoms with van der Waals surface area (Å²) in [5.74, 6) is 0.915. The van der Waals surface area contributed by atoms with Gasteiger partial charge in [0.2, 0.25) is 0 Å². The van der Waals surface area contributed by atoms with Gasteiger partial charge in [-0.05, 0) is 69.8 Å². The average Bonchev–Trinajstić information content (AvgIpc) is 2.68. The number of nitrogens with zero attached hydrogens (tertiary/aromatic N) is 1. The molecule has 0 spiro atoms. The van der Waals surface area contributed by atoms with Crippen molar-refractivity contribution < 1.29 is 14.3 Å². The fraction of sp³-hybridized carbons (Fsp3) is 0.700. The molecule has 0 aromatic carbocycles. The van der Waals surface area contributed by atoms with Crippen LogP contribution in [-0.2, 0) is 0 Å². The minimum absolute atomic E-state index is 0.113. The van der Waals surface area contributed by atoms with Crippen LogP contribution in [0.2, 0.25) is 0 Å². The lowest BCUT2D eigenvalue weighted by atomic mass is 9.95. The van der Waals surface area contributed by atoms with Crippen molar-refractivity contribution in [1.29, 1.82) is 0 Å². The van der Waals surface area contributed by atoms with Crippen molar-refractivity contribution in [3.63, 3.8) is 0 Å². The first kappa shape index (κ1) is 20.0. The fourth-order valence-electron chi connectivity index (χ4n) is 4.01. The SMILES string of the molecule is Cc1cc(C2CCCNC2)oc(=O)c1C(=O)NCCN1CCC(CO)CC1. The van der Waals surface area contributed by atoms with Gasteiger partial charge in [-0.2, -0.15) is 0 Å². The molecule has 1 atom stereocenters. The summed E-state index contributed by atoms with van der Waals surface area (Å²) in [7, 11) is 0. The zero-order valence-electron chi connectivity index (χ0n) is 16.1. The monoisotopic (exact) mass is 377 g/mol. The number of aliphatic hydroxyl groups is 1. The number of aryl methyl sites for hydroxylation is 1. The molecular weight excluding hydrogens is 346 g/mol. The van der Waals surface area contributed by atoms with Gasteiger partial charge in [-0.1, -0.05) is 0 Å². The van der Waals surface area contributed by atoms with Gasteiger partial charge in [0, 0.05) is 32.2 Å². The predicted octanol–water partition coefficient (Wildman–Crippen LogP) is 0.849. The molecule has 3 N–H and O–H groups in total. The third kappa shape index (κ3) is 5.18. The van der Waals surface area contributed by atoms with Gasteiger partial charge in [-0.25, -0.2) is 4.79 Å². The molecule has 2 aliphatic heterocycles. The molecule has 1 aromatic heterocycles. The Labute approximate surface area is 160 Å². The second-order valence-corrected chi connectivity index (χ2v) is 7.76. The summed E-state index contributed by atoms with van der Waals surface area (Å²) < 4.78 is 5.48. The lowest BCUT2D eigenvalue weighted by Crippen LogP contribution is -2.41. The van der Waals surface area contributed by atoms with E-state index < -0.39 is 5.63 Å². The average molecular weight is 377 g/mol. The molecule has 7 nitrogen and oxygen atoms in total. The van der Waals surface area contributed by atoms with Crippen LogP contribution in [0.1, 0.15) is 53.3 Å². The van der Waals surface area contributed by atoms with Crippen molar-refractivity contribution in [3.8, 4) is 0 Å². The number of amides is 1. The van der Waals surface area contributed by atoms with E-state index in [9.17, 15) is 14.7 Å². The van der Waals surface area contributed by atoms with Crippen LogP contribution in [0.15, 0.2) is 15.3 Å². The molecule has 7 heteroatoms. The molecule has 27 heavy (non-hydrogen) atoms. The minimum Gasteiger partial charge on any atom is -0.427 e. The second kappa shape index (κ2) is 9.48. The van der Waals surface area contributed by atoms with Gasteiger partial charge in [0.25, 0.3) is 5.91 Å². The summed E-state index contributed by atoms with van der Waals surface area (Å²) in [6.07, 6.45) is 4.04. The molecular formula is C20H31N3O4. The van der Waals surface area contributed by atoms with E-state index in [0.29, 0.717) is 23.8 Å². The molecule has 3 heterocycles. The maximum Gasteiger partial charge on any atom is 0.349 e. The highest BCUT2D eigenvalue weighted by Crippen LogP contribution is 2.23. The van der Waals surface area contributed by atoms with Gasteiger partial charge >= 0.3 is 5.63 Å². The topological polar surface area (TPSA) is 94.8 Å². The number of rotatable bonds is 6. The van der Waals surface area contributed by atoms with Crippen LogP contribution in [0.3, 0.4) is 0 Å². The Morgan fingerprint density at radius 3 is 2.78 bits per heavy atom. The summed E-state index contributed by atoms with van der Waals surface area (Å²) in [6, 6.07) is 1.84. The lowest BCUT2D eigenvalue weighted by Gasteiger charge is -2.30. The van der Waals surface area contributed by atoms with Gasteiger partial charge < -0.3 is 25.1 Å². The van der Waals surface area contributed by atoms with Crippen molar-refractivity contribution in [2.75, 3.05) is 45.9 Å². The molecule has 1 aromatic rings. The zero-order chi connectivity index (χ0) is 19.2. The van der Waals surface area contributed by atoms with Gasteiger partial charge in [0.05, 0.1) is 0 Å². The highest BCUT2D eigenvalue weighted by Gasteiger charge is 2.23. The maximum absolute atomic E-state index is 12.5. The Morgan fingerprint density at radius 2 is 2.15 bits per heavy atom. The van der Waals surface area contributed by atoms with E-state index in [4.69, 9.17) is 4.42 Å². The first-order valence-electron chi connectivity index (χ1n) is 10.0. The first-order valence-corrected chi connectivity index (χ1v) is 10.0. The number of likely N-dealkylation sites (tertiary alicyclic amines) is 1. The highest BCUT2D eigenvalue weighted by atomic mass is 16.4. The largest absolute Gasteiger partial charge is 0.427 e. The Hall–Kier alpha value is -1.70. The smallest absolute Gasteiger partial charge is 0.349 e. The molecule has 2 saturated heterocycles. The Morgan fingerprint density at radius 1 is 1.37 bits per heavy atom. The summed E-state index contributed by atoms with van der Waals surface area (Å²) in [6.45, 7) is 6.98. The maximum atomic E-state index is 12.5. The van der Waals surface area contributed by atoms with Crippen LogP contribution in [-0.4, -0.2) is 61.8 Å². The molecule has 150 valence electrons. The standard InChI is InChI=1S/C20H31N3O4/c1-14-11-17(16-3-2-6-21-12-16)27-20(26)18(14)19(25)22-7-10-23-8-4-15(13-24)5-9-23/h11,15-16,21,24H,2-10,12-13H2,1H3,(H,22,25). The van der Waals surface area contributed by atoms with E-state index in [-0.39, 0.29) is 24.0 Å². The summed E-state index contributed by atoms with van der Waals surface area (Å²) in [5, 5.41) is 15.4. The van der Waals surface area contributed by atoms with E-state index >= 15 is 0 Å². The van der Waals surface area contributed by atoms with Crippen LogP contribution < -0.4 is 16.3 Å². The van der Waals surface area contributed by atoms with Crippen molar-refractivity contribution in [3.05, 3.63) is 33.4 Å². The minimum atomic E-state index is -0.545. The molecule has 0 radical (unpaired) electrons. The summed E-state index contributed by atoms with van der Waals surface area (Å²) in [5.41, 5.74) is 0.242. The van der Waals surface area contributed by atoms with Gasteiger partial charge in [0.15, 0.2) is 0 Å². The van der Waals surface area contributed by atoms with Crippen LogP contribution in [0, 0.1) is 12.8 Å². The number of hydrogen-bond donors (Lipinski definition) is 3. The van der Waals surface area contributed by atoms with E-state index in [2.05, 4.69) is 15.5 Å². The molecule has 1 amide bonds. The number of carbonyl (C=O) groups excluding carboxylic acids is 1. The van der Waals surface area contributed by atoms with E-state index in [0.717, 1.165) is 58.4 Å². The third-order valence-electron chi connectivity index (χ3n) is 5.77. The van der Waals surface area contributed by atoms with Crippen LogP contribution in [0.25, 0.3) is 0 Å². The van der Waals surface area contributed by atoms with Crippen molar-refractivity contribution in [2.45, 2.75) is 38.5 Å². The molecule has 3 rings (SSSR count). The molecule has 0 aliphatic carbocycles. The zero-order valence-corrected chi connectivity index (χ0v) is 16.1. The number of nitrogens with one attached hydrogen (secondary N) is 2. The van der Waals surface area contributed by atoms with E-state index in [1.807, 2.05) is 6.07 Å². The van der Waals surface area contributed by atoms with E-state index in [1.54, 1.807) is 6.92 Å². The Bertz CT molecular complexity index is 689. The van der Waals surface area contributed by atoms with Crippen molar-refractivity contribution in [1.82, 2.24) is 15.5 Å². The number of aliphatic hydroxyl groups excluding tert-OH is 1. The number of hydrogen-bond acceptors (Lipinski definition) is 6. The van der Waals surface area contributed by atoms with Crippen molar-refractivity contribution >= 4 is 5.91 Å². The van der Waals surface area contributed by atoms with Crippen LogP contribution >= 0.6 is 0 Å². The third-order valence-corrected chi connectivity index (χ3v) is 5.77. The molecule has 2 fully saturated rings. The Kier molecular flexibility index (Phi) is 7.04. The summed E-state index contributed by atoms with van der Waals surface area (Å²) in [4.78, 5) is 27.2. The Balaban J connectivity index is 1.54. The quantitative estimate of drug-likeness (QED) is 0.680. The number of carbonyl (C=O) groups is 1. The van der Waals surface area contributed by atoms with Crippen molar-refractivity contribution in [2.24, 2.45) is 5.92 Å².